The zero-order chi connectivity index (χ0) is 7.44. The largest absolute Gasteiger partial charge is 0.291 e. The first-order valence-corrected chi connectivity index (χ1v) is 2.19. The van der Waals surface area contributed by atoms with Gasteiger partial charge in [0.05, 0.1) is 0 Å². The second kappa shape index (κ2) is 2.91. The van der Waals surface area contributed by atoms with E-state index in [-0.39, 0.29) is 0 Å². The monoisotopic (exact) mass is 131 g/mol. The smallest absolute Gasteiger partial charge is 0.268 e. The highest BCUT2D eigenvalue weighted by atomic mass is 16.6. The molecule has 0 amide bonds. The SMILES string of the molecule is CC(=O)C(=O)C[N+](=O)[O-]. The van der Waals surface area contributed by atoms with Crippen molar-refractivity contribution in [1.82, 2.24) is 0 Å². The molecular weight excluding hydrogens is 126 g/mol. The highest BCUT2D eigenvalue weighted by molar-refractivity contribution is 6.36. The van der Waals surface area contributed by atoms with E-state index in [1.165, 1.54) is 0 Å². The summed E-state index contributed by atoms with van der Waals surface area (Å²) in [5, 5.41) is 9.55. The van der Waals surface area contributed by atoms with Crippen LogP contribution in [0.2, 0.25) is 0 Å². The molecule has 9 heavy (non-hydrogen) atoms. The van der Waals surface area contributed by atoms with Gasteiger partial charge in [0.25, 0.3) is 12.3 Å². The van der Waals surface area contributed by atoms with E-state index < -0.39 is 23.0 Å². The Morgan fingerprint density at radius 2 is 2.00 bits per heavy atom. The van der Waals surface area contributed by atoms with Crippen LogP contribution in [0, 0.1) is 10.1 Å². The maximum absolute atomic E-state index is 10.2. The summed E-state index contributed by atoms with van der Waals surface area (Å²) in [5.41, 5.74) is 0. The zero-order valence-electron chi connectivity index (χ0n) is 4.79. The van der Waals surface area contributed by atoms with Crippen molar-refractivity contribution in [3.63, 3.8) is 0 Å². The number of Topliss-reactive ketones (excluding diaryl/α,β-unsaturated/α-hetero) is 2. The number of carbonyl (C=O) groups excluding carboxylic acids is 2. The van der Waals surface area contributed by atoms with Gasteiger partial charge in [-0.15, -0.1) is 0 Å². The topological polar surface area (TPSA) is 77.3 Å². The van der Waals surface area contributed by atoms with Gasteiger partial charge in [-0.05, 0) is 0 Å². The molecule has 0 N–H and O–H groups in total. The standard InChI is InChI=1S/C4H5NO4/c1-3(6)4(7)2-5(8)9/h2H2,1H3. The molecule has 0 aliphatic heterocycles. The fraction of sp³-hybridized carbons (Fsp3) is 0.500. The van der Waals surface area contributed by atoms with Gasteiger partial charge < -0.3 is 0 Å². The van der Waals surface area contributed by atoms with Crippen molar-refractivity contribution in [2.24, 2.45) is 0 Å². The van der Waals surface area contributed by atoms with Gasteiger partial charge in [-0.2, -0.15) is 0 Å². The van der Waals surface area contributed by atoms with E-state index >= 15 is 0 Å². The molecule has 0 aliphatic rings. The Hall–Kier alpha value is -1.26. The molecule has 0 aliphatic carbocycles. The third kappa shape index (κ3) is 3.33. The molecule has 0 spiro atoms. The van der Waals surface area contributed by atoms with E-state index in [1.807, 2.05) is 0 Å². The lowest BCUT2D eigenvalue weighted by Crippen LogP contribution is -2.20. The molecule has 0 atom stereocenters. The molecule has 0 aromatic heterocycles. The van der Waals surface area contributed by atoms with E-state index in [0.29, 0.717) is 0 Å². The maximum Gasteiger partial charge on any atom is 0.268 e. The van der Waals surface area contributed by atoms with Crippen LogP contribution in [0.1, 0.15) is 6.92 Å². The van der Waals surface area contributed by atoms with Gasteiger partial charge in [-0.1, -0.05) is 0 Å². The van der Waals surface area contributed by atoms with E-state index in [2.05, 4.69) is 0 Å². The number of nitro groups is 1. The second-order valence-electron chi connectivity index (χ2n) is 1.47. The van der Waals surface area contributed by atoms with Crippen LogP contribution in [0.15, 0.2) is 0 Å². The molecule has 5 nitrogen and oxygen atoms in total. The summed E-state index contributed by atoms with van der Waals surface area (Å²) in [5.74, 6) is -1.73. The third-order valence-corrected chi connectivity index (χ3v) is 0.665. The molecule has 0 radical (unpaired) electrons. The Kier molecular flexibility index (Phi) is 2.50. The fourth-order valence-corrected chi connectivity index (χ4v) is 0.229. The Morgan fingerprint density at radius 3 is 2.11 bits per heavy atom. The average Bonchev–Trinajstić information content (AvgIpc) is 1.63. The van der Waals surface area contributed by atoms with E-state index in [0.717, 1.165) is 6.92 Å². The van der Waals surface area contributed by atoms with E-state index in [1.54, 1.807) is 0 Å². The zero-order valence-corrected chi connectivity index (χ0v) is 4.79. The summed E-state index contributed by atoms with van der Waals surface area (Å²) in [4.78, 5) is 28.9. The van der Waals surface area contributed by atoms with Gasteiger partial charge in [-0.25, -0.2) is 0 Å². The van der Waals surface area contributed by atoms with Crippen molar-refractivity contribution in [1.29, 1.82) is 0 Å². The minimum atomic E-state index is -0.958. The molecule has 0 heterocycles. The van der Waals surface area contributed by atoms with Crippen molar-refractivity contribution >= 4 is 11.6 Å². The molecule has 0 unspecified atom stereocenters. The van der Waals surface area contributed by atoms with Gasteiger partial charge in [0, 0.05) is 11.8 Å². The Bertz CT molecular complexity index is 162. The number of rotatable bonds is 3. The van der Waals surface area contributed by atoms with Crippen molar-refractivity contribution in [2.45, 2.75) is 6.92 Å². The van der Waals surface area contributed by atoms with Crippen LogP contribution in [0.5, 0.6) is 0 Å². The van der Waals surface area contributed by atoms with Crippen LogP contribution < -0.4 is 0 Å². The first-order chi connectivity index (χ1) is 4.04. The maximum atomic E-state index is 10.2. The highest BCUT2D eigenvalue weighted by Crippen LogP contribution is 1.75. The molecule has 5 heteroatoms. The number of ketones is 2. The highest BCUT2D eigenvalue weighted by Gasteiger charge is 2.13. The van der Waals surface area contributed by atoms with Crippen LogP contribution in [0.4, 0.5) is 0 Å². The molecule has 50 valence electrons. The average molecular weight is 131 g/mol. The first-order valence-electron chi connectivity index (χ1n) is 2.19. The molecule has 0 rings (SSSR count). The van der Waals surface area contributed by atoms with Gasteiger partial charge in [0.15, 0.2) is 0 Å². The summed E-state index contributed by atoms with van der Waals surface area (Å²) in [6.45, 7) is 0.112. The van der Waals surface area contributed by atoms with Crippen LogP contribution in [0.3, 0.4) is 0 Å². The molecule has 0 aromatic carbocycles. The van der Waals surface area contributed by atoms with Crippen molar-refractivity contribution < 1.29 is 14.5 Å². The lowest BCUT2D eigenvalue weighted by molar-refractivity contribution is -0.466. The summed E-state index contributed by atoms with van der Waals surface area (Å²) in [6, 6.07) is 0. The van der Waals surface area contributed by atoms with Crippen molar-refractivity contribution in [2.75, 3.05) is 6.54 Å². The minimum absolute atomic E-state index is 0.772. The predicted molar refractivity (Wildman–Crippen MR) is 27.5 cm³/mol. The van der Waals surface area contributed by atoms with E-state index in [9.17, 15) is 19.7 Å². The summed E-state index contributed by atoms with van der Waals surface area (Å²) < 4.78 is 0. The fourth-order valence-electron chi connectivity index (χ4n) is 0.229. The van der Waals surface area contributed by atoms with Gasteiger partial charge in [-0.3, -0.25) is 19.7 Å². The Balaban J connectivity index is 3.79. The molecule has 0 saturated carbocycles. The quantitative estimate of drug-likeness (QED) is 0.291. The molecular formula is C4H5NO4. The predicted octanol–water partition coefficient (Wildman–Crippen LogP) is -0.579. The van der Waals surface area contributed by atoms with Gasteiger partial charge >= 0.3 is 0 Å². The number of nitrogens with zero attached hydrogens (tertiary/aromatic N) is 1. The molecule has 0 saturated heterocycles. The van der Waals surface area contributed by atoms with Crippen LogP contribution in [-0.4, -0.2) is 23.0 Å². The van der Waals surface area contributed by atoms with Crippen LogP contribution in [0.25, 0.3) is 0 Å². The lowest BCUT2D eigenvalue weighted by Gasteiger charge is -1.85. The van der Waals surface area contributed by atoms with Crippen molar-refractivity contribution in [3.8, 4) is 0 Å². The van der Waals surface area contributed by atoms with Gasteiger partial charge in [0.2, 0.25) is 5.78 Å². The molecule has 0 bridgehead atoms. The second-order valence-corrected chi connectivity index (χ2v) is 1.47. The lowest BCUT2D eigenvalue weighted by atomic mass is 10.3. The normalized spacial score (nSPS) is 8.56. The summed E-state index contributed by atoms with van der Waals surface area (Å²) in [7, 11) is 0. The van der Waals surface area contributed by atoms with Crippen molar-refractivity contribution in [3.05, 3.63) is 10.1 Å². The molecule has 0 aromatic rings. The summed E-state index contributed by atoms with van der Waals surface area (Å²) >= 11 is 0. The van der Waals surface area contributed by atoms with Gasteiger partial charge in [0.1, 0.15) is 0 Å². The number of hydrogen-bond donors (Lipinski definition) is 0. The minimum Gasteiger partial charge on any atom is -0.291 e. The first kappa shape index (κ1) is 7.74. The van der Waals surface area contributed by atoms with Crippen LogP contribution in [-0.2, 0) is 9.59 Å². The number of carbonyl (C=O) groups is 2. The Labute approximate surface area is 50.8 Å². The van der Waals surface area contributed by atoms with E-state index in [4.69, 9.17) is 0 Å². The van der Waals surface area contributed by atoms with Crippen LogP contribution >= 0.6 is 0 Å². The third-order valence-electron chi connectivity index (χ3n) is 0.665. The Morgan fingerprint density at radius 1 is 1.56 bits per heavy atom. The molecule has 0 fully saturated rings. The summed E-state index contributed by atoms with van der Waals surface area (Å²) in [6.07, 6.45) is 0. The number of hydrogen-bond acceptors (Lipinski definition) is 4.